The number of urea groups is 1. The molecular formula is C6H10BrClN2O2. The van der Waals surface area contributed by atoms with Crippen LogP contribution in [0.2, 0.25) is 0 Å². The van der Waals surface area contributed by atoms with Crippen molar-refractivity contribution in [3.8, 4) is 0 Å². The molecule has 4 nitrogen and oxygen atoms in total. The summed E-state index contributed by atoms with van der Waals surface area (Å²) in [5.74, 6) is -0.244. The molecule has 1 rings (SSSR count). The Bertz CT molecular complexity index is 198. The first-order chi connectivity index (χ1) is 4.74. The number of hydrogen-bond acceptors (Lipinski definition) is 2. The van der Waals surface area contributed by atoms with E-state index in [0.717, 1.165) is 0 Å². The molecule has 1 heterocycles. The van der Waals surface area contributed by atoms with Crippen molar-refractivity contribution >= 4 is 41.3 Å². The van der Waals surface area contributed by atoms with Gasteiger partial charge in [-0.1, -0.05) is 6.08 Å². The van der Waals surface area contributed by atoms with Crippen LogP contribution in [0, 0.1) is 0 Å². The standard InChI is InChI=1S/C6H8N2O2.BrH.ClH/c1-2-3-8-4-5(9)7-6(8)10;;/h2H,1,3-4H2,(H,7,9,10);2*1H. The first kappa shape index (κ1) is 14.0. The van der Waals surface area contributed by atoms with E-state index >= 15 is 0 Å². The predicted octanol–water partition coefficient (Wildman–Crippen LogP) is 0.724. The number of imide groups is 1. The number of carbonyl (C=O) groups excluding carboxylic acids is 2. The zero-order valence-corrected chi connectivity index (χ0v) is 8.81. The molecular weight excluding hydrogens is 247 g/mol. The van der Waals surface area contributed by atoms with Crippen molar-refractivity contribution in [3.63, 3.8) is 0 Å². The first-order valence-electron chi connectivity index (χ1n) is 2.93. The Hall–Kier alpha value is -0.550. The Morgan fingerprint density at radius 1 is 1.58 bits per heavy atom. The fourth-order valence-electron chi connectivity index (χ4n) is 0.786. The Morgan fingerprint density at radius 2 is 2.17 bits per heavy atom. The molecule has 0 aromatic heterocycles. The summed E-state index contributed by atoms with van der Waals surface area (Å²) in [6, 6.07) is -0.329. The van der Waals surface area contributed by atoms with E-state index in [2.05, 4.69) is 11.9 Å². The van der Waals surface area contributed by atoms with E-state index in [4.69, 9.17) is 0 Å². The van der Waals surface area contributed by atoms with E-state index in [1.165, 1.54) is 4.90 Å². The van der Waals surface area contributed by atoms with Crippen molar-refractivity contribution in [1.82, 2.24) is 10.2 Å². The molecule has 3 amide bonds. The molecule has 0 aliphatic carbocycles. The largest absolute Gasteiger partial charge is 0.324 e. The molecule has 1 fully saturated rings. The highest BCUT2D eigenvalue weighted by Gasteiger charge is 2.24. The molecule has 1 aliphatic rings. The Kier molecular flexibility index (Phi) is 7.02. The van der Waals surface area contributed by atoms with Gasteiger partial charge in [-0.15, -0.1) is 36.0 Å². The maximum Gasteiger partial charge on any atom is 0.324 e. The molecule has 1 aliphatic heterocycles. The molecule has 0 bridgehead atoms. The fraction of sp³-hybridized carbons (Fsp3) is 0.333. The summed E-state index contributed by atoms with van der Waals surface area (Å²) in [5.41, 5.74) is 0. The highest BCUT2D eigenvalue weighted by atomic mass is 79.9. The third-order valence-corrected chi connectivity index (χ3v) is 1.22. The molecule has 0 unspecified atom stereocenters. The molecule has 1 N–H and O–H groups in total. The van der Waals surface area contributed by atoms with Gasteiger partial charge in [0.15, 0.2) is 0 Å². The summed E-state index contributed by atoms with van der Waals surface area (Å²) in [6.45, 7) is 4.04. The van der Waals surface area contributed by atoms with E-state index in [1.54, 1.807) is 6.08 Å². The lowest BCUT2D eigenvalue weighted by atomic mass is 10.5. The summed E-state index contributed by atoms with van der Waals surface area (Å²) in [5, 5.41) is 2.15. The van der Waals surface area contributed by atoms with Crippen LogP contribution < -0.4 is 5.32 Å². The van der Waals surface area contributed by atoms with Crippen molar-refractivity contribution in [1.29, 1.82) is 0 Å². The molecule has 0 atom stereocenters. The lowest BCUT2D eigenvalue weighted by Gasteiger charge is -2.07. The number of halogens is 2. The second-order valence-electron chi connectivity index (χ2n) is 2.02. The van der Waals surface area contributed by atoms with Gasteiger partial charge >= 0.3 is 6.03 Å². The number of carbonyl (C=O) groups is 2. The number of amides is 3. The van der Waals surface area contributed by atoms with Crippen LogP contribution in [0.4, 0.5) is 4.79 Å². The lowest BCUT2D eigenvalue weighted by Crippen LogP contribution is -2.28. The molecule has 0 spiro atoms. The third-order valence-electron chi connectivity index (χ3n) is 1.22. The minimum atomic E-state index is -0.329. The smallest absolute Gasteiger partial charge is 0.311 e. The minimum absolute atomic E-state index is 0. The van der Waals surface area contributed by atoms with Gasteiger partial charge in [0.1, 0.15) is 6.54 Å². The van der Waals surface area contributed by atoms with Gasteiger partial charge in [0.25, 0.3) is 0 Å². The van der Waals surface area contributed by atoms with E-state index in [-0.39, 0.29) is 47.9 Å². The van der Waals surface area contributed by atoms with Gasteiger partial charge in [-0.25, -0.2) is 4.79 Å². The normalized spacial score (nSPS) is 14.5. The quantitative estimate of drug-likeness (QED) is 0.585. The number of nitrogens with zero attached hydrogens (tertiary/aromatic N) is 1. The van der Waals surface area contributed by atoms with E-state index in [9.17, 15) is 9.59 Å². The van der Waals surface area contributed by atoms with E-state index in [0.29, 0.717) is 6.54 Å². The summed E-state index contributed by atoms with van der Waals surface area (Å²) in [4.78, 5) is 22.6. The minimum Gasteiger partial charge on any atom is -0.311 e. The van der Waals surface area contributed by atoms with Crippen LogP contribution in [0.3, 0.4) is 0 Å². The maximum atomic E-state index is 10.7. The number of nitrogens with one attached hydrogen (secondary N) is 1. The third kappa shape index (κ3) is 3.23. The van der Waals surface area contributed by atoms with Crippen LogP contribution in [0.1, 0.15) is 0 Å². The number of hydrogen-bond donors (Lipinski definition) is 1. The highest BCUT2D eigenvalue weighted by molar-refractivity contribution is 8.93. The SMILES string of the molecule is Br.C=CCN1CC(=O)NC1=O.Cl. The monoisotopic (exact) mass is 256 g/mol. The molecule has 70 valence electrons. The van der Waals surface area contributed by atoms with Gasteiger partial charge in [-0.3, -0.25) is 10.1 Å². The zero-order chi connectivity index (χ0) is 7.56. The maximum absolute atomic E-state index is 10.7. The average molecular weight is 258 g/mol. The first-order valence-corrected chi connectivity index (χ1v) is 2.93. The van der Waals surface area contributed by atoms with E-state index in [1.807, 2.05) is 0 Å². The zero-order valence-electron chi connectivity index (χ0n) is 6.28. The van der Waals surface area contributed by atoms with Gasteiger partial charge in [0.2, 0.25) is 5.91 Å². The van der Waals surface area contributed by atoms with Crippen LogP contribution in [0.25, 0.3) is 0 Å². The van der Waals surface area contributed by atoms with Crippen LogP contribution in [-0.2, 0) is 4.79 Å². The van der Waals surface area contributed by atoms with Crippen LogP contribution >= 0.6 is 29.4 Å². The van der Waals surface area contributed by atoms with Gasteiger partial charge < -0.3 is 4.90 Å². The summed E-state index contributed by atoms with van der Waals surface area (Å²) in [7, 11) is 0. The van der Waals surface area contributed by atoms with Crippen molar-refractivity contribution in [2.24, 2.45) is 0 Å². The average Bonchev–Trinajstić information content (AvgIpc) is 2.13. The second-order valence-corrected chi connectivity index (χ2v) is 2.02. The molecule has 6 heteroatoms. The Morgan fingerprint density at radius 3 is 2.50 bits per heavy atom. The lowest BCUT2D eigenvalue weighted by molar-refractivity contribution is -0.118. The van der Waals surface area contributed by atoms with Crippen molar-refractivity contribution in [2.75, 3.05) is 13.1 Å². The van der Waals surface area contributed by atoms with Crippen LogP contribution in [0.5, 0.6) is 0 Å². The molecule has 12 heavy (non-hydrogen) atoms. The number of rotatable bonds is 2. The van der Waals surface area contributed by atoms with Crippen molar-refractivity contribution in [2.45, 2.75) is 0 Å². The topological polar surface area (TPSA) is 49.4 Å². The predicted molar refractivity (Wildman–Crippen MR) is 52.9 cm³/mol. The summed E-state index contributed by atoms with van der Waals surface area (Å²) < 4.78 is 0. The fourth-order valence-corrected chi connectivity index (χ4v) is 0.786. The van der Waals surface area contributed by atoms with Crippen molar-refractivity contribution in [3.05, 3.63) is 12.7 Å². The molecule has 1 saturated heterocycles. The molecule has 0 radical (unpaired) electrons. The Labute approximate surface area is 87.2 Å². The highest BCUT2D eigenvalue weighted by Crippen LogP contribution is 1.96. The van der Waals surface area contributed by atoms with Gasteiger partial charge in [-0.05, 0) is 0 Å². The van der Waals surface area contributed by atoms with Crippen LogP contribution in [0.15, 0.2) is 12.7 Å². The summed E-state index contributed by atoms with van der Waals surface area (Å²) in [6.07, 6.45) is 1.58. The van der Waals surface area contributed by atoms with Gasteiger partial charge in [0, 0.05) is 6.54 Å². The molecule has 0 saturated carbocycles. The van der Waals surface area contributed by atoms with Crippen molar-refractivity contribution < 1.29 is 9.59 Å². The Balaban J connectivity index is 0. The van der Waals surface area contributed by atoms with Gasteiger partial charge in [-0.2, -0.15) is 0 Å². The second kappa shape index (κ2) is 6.02. The van der Waals surface area contributed by atoms with Gasteiger partial charge in [0.05, 0.1) is 0 Å². The molecule has 0 aromatic carbocycles. The van der Waals surface area contributed by atoms with E-state index < -0.39 is 0 Å². The summed E-state index contributed by atoms with van der Waals surface area (Å²) >= 11 is 0. The molecule has 0 aromatic rings. The van der Waals surface area contributed by atoms with Crippen LogP contribution in [-0.4, -0.2) is 29.9 Å².